The van der Waals surface area contributed by atoms with Crippen LogP contribution in [0.25, 0.3) is 5.69 Å². The topological polar surface area (TPSA) is 58.4 Å². The molecule has 1 amide bonds. The van der Waals surface area contributed by atoms with Gasteiger partial charge in [0.05, 0.1) is 17.9 Å². The summed E-state index contributed by atoms with van der Waals surface area (Å²) in [5.74, 6) is -1.46. The van der Waals surface area contributed by atoms with E-state index in [1.54, 1.807) is 7.05 Å². The van der Waals surface area contributed by atoms with Crippen molar-refractivity contribution in [2.75, 3.05) is 13.6 Å². The van der Waals surface area contributed by atoms with Gasteiger partial charge in [-0.15, -0.1) is 0 Å². The van der Waals surface area contributed by atoms with Gasteiger partial charge in [-0.05, 0) is 30.9 Å². The third kappa shape index (κ3) is 3.39. The predicted molar refractivity (Wildman–Crippen MR) is 79.2 cm³/mol. The van der Waals surface area contributed by atoms with Crippen molar-refractivity contribution in [3.8, 4) is 5.69 Å². The molecule has 1 atom stereocenters. The zero-order chi connectivity index (χ0) is 16.6. The van der Waals surface area contributed by atoms with E-state index in [0.29, 0.717) is 0 Å². The van der Waals surface area contributed by atoms with Crippen molar-refractivity contribution < 1.29 is 18.7 Å². The van der Waals surface area contributed by atoms with Crippen LogP contribution in [-0.2, 0) is 0 Å². The van der Waals surface area contributed by atoms with Crippen molar-refractivity contribution in [3.63, 3.8) is 0 Å². The number of hydrogen-bond acceptors (Lipinski definition) is 3. The first-order valence-electron chi connectivity index (χ1n) is 7.39. The molecule has 5 nitrogen and oxygen atoms in total. The third-order valence-electron chi connectivity index (χ3n) is 3.96. The SMILES string of the molecule is CN(CC(O)C1CC1)C(=O)c1cnn(-c2ccc(F)cc2F)c1. The molecule has 1 aromatic heterocycles. The molecule has 1 aliphatic rings. The number of hydrogen-bond donors (Lipinski definition) is 1. The van der Waals surface area contributed by atoms with Crippen molar-refractivity contribution >= 4 is 5.91 Å². The Morgan fingerprint density at radius 1 is 1.48 bits per heavy atom. The Hall–Kier alpha value is -2.28. The average molecular weight is 321 g/mol. The molecule has 0 aliphatic heterocycles. The Balaban J connectivity index is 1.74. The zero-order valence-electron chi connectivity index (χ0n) is 12.6. The quantitative estimate of drug-likeness (QED) is 0.916. The standard InChI is InChI=1S/C16H17F2N3O2/c1-20(9-15(22)10-2-3-10)16(23)11-7-19-21(8-11)14-5-4-12(17)6-13(14)18/h4-8,10,15,22H,2-3,9H2,1H3. The van der Waals surface area contributed by atoms with Crippen molar-refractivity contribution in [2.24, 2.45) is 5.92 Å². The Bertz CT molecular complexity index is 728. The van der Waals surface area contributed by atoms with Crippen LogP contribution in [0.5, 0.6) is 0 Å². The average Bonchev–Trinajstić information content (AvgIpc) is 3.25. The van der Waals surface area contributed by atoms with Gasteiger partial charge in [0.15, 0.2) is 5.82 Å². The maximum atomic E-state index is 13.7. The molecule has 1 heterocycles. The van der Waals surface area contributed by atoms with Gasteiger partial charge in [0.25, 0.3) is 5.91 Å². The molecule has 0 saturated heterocycles. The molecule has 0 spiro atoms. The fraction of sp³-hybridized carbons (Fsp3) is 0.375. The largest absolute Gasteiger partial charge is 0.391 e. The Labute approximate surface area is 132 Å². The lowest BCUT2D eigenvalue weighted by Crippen LogP contribution is -2.35. The molecule has 1 unspecified atom stereocenters. The molecule has 1 aliphatic carbocycles. The molecule has 7 heteroatoms. The van der Waals surface area contributed by atoms with Gasteiger partial charge in [-0.3, -0.25) is 4.79 Å². The van der Waals surface area contributed by atoms with Crippen molar-refractivity contribution in [3.05, 3.63) is 47.8 Å². The van der Waals surface area contributed by atoms with E-state index in [1.165, 1.54) is 28.0 Å². The molecule has 1 aromatic carbocycles. The number of halogens is 2. The molecule has 122 valence electrons. The van der Waals surface area contributed by atoms with Gasteiger partial charge >= 0.3 is 0 Å². The Kier molecular flexibility index (Phi) is 4.12. The van der Waals surface area contributed by atoms with Crippen molar-refractivity contribution in [1.82, 2.24) is 14.7 Å². The van der Waals surface area contributed by atoms with E-state index in [0.717, 1.165) is 25.0 Å². The van der Waals surface area contributed by atoms with Gasteiger partial charge in [0.1, 0.15) is 11.5 Å². The maximum absolute atomic E-state index is 13.7. The van der Waals surface area contributed by atoms with Crippen LogP contribution in [-0.4, -0.2) is 45.4 Å². The smallest absolute Gasteiger partial charge is 0.256 e. The van der Waals surface area contributed by atoms with E-state index in [9.17, 15) is 18.7 Å². The molecule has 2 aromatic rings. The number of benzene rings is 1. The highest BCUT2D eigenvalue weighted by Crippen LogP contribution is 2.32. The minimum Gasteiger partial charge on any atom is -0.391 e. The van der Waals surface area contributed by atoms with E-state index in [4.69, 9.17) is 0 Å². The highest BCUT2D eigenvalue weighted by atomic mass is 19.1. The van der Waals surface area contributed by atoms with Gasteiger partial charge in [-0.25, -0.2) is 13.5 Å². The molecular weight excluding hydrogens is 304 g/mol. The zero-order valence-corrected chi connectivity index (χ0v) is 12.6. The molecule has 0 radical (unpaired) electrons. The van der Waals surface area contributed by atoms with Gasteiger partial charge in [0, 0.05) is 25.9 Å². The highest BCUT2D eigenvalue weighted by Gasteiger charge is 2.31. The van der Waals surface area contributed by atoms with Crippen LogP contribution >= 0.6 is 0 Å². The number of amides is 1. The minimum atomic E-state index is -0.760. The number of likely N-dealkylation sites (N-methyl/N-ethyl adjacent to an activating group) is 1. The molecule has 0 bridgehead atoms. The number of aliphatic hydroxyl groups is 1. The summed E-state index contributed by atoms with van der Waals surface area (Å²) < 4.78 is 27.9. The summed E-state index contributed by atoms with van der Waals surface area (Å²) in [5.41, 5.74) is 0.338. The molecule has 3 rings (SSSR count). The van der Waals surface area contributed by atoms with E-state index in [-0.39, 0.29) is 29.6 Å². The predicted octanol–water partition coefficient (Wildman–Crippen LogP) is 1.99. The second-order valence-electron chi connectivity index (χ2n) is 5.86. The van der Waals surface area contributed by atoms with E-state index >= 15 is 0 Å². The van der Waals surface area contributed by atoms with E-state index < -0.39 is 17.7 Å². The van der Waals surface area contributed by atoms with Crippen molar-refractivity contribution in [2.45, 2.75) is 18.9 Å². The summed E-state index contributed by atoms with van der Waals surface area (Å²) in [4.78, 5) is 13.7. The monoisotopic (exact) mass is 321 g/mol. The number of nitrogens with zero attached hydrogens (tertiary/aromatic N) is 3. The fourth-order valence-corrected chi connectivity index (χ4v) is 2.45. The first-order valence-corrected chi connectivity index (χ1v) is 7.39. The second kappa shape index (κ2) is 6.08. The number of carbonyl (C=O) groups excluding carboxylic acids is 1. The van der Waals surface area contributed by atoms with Crippen LogP contribution < -0.4 is 0 Å². The van der Waals surface area contributed by atoms with Crippen LogP contribution in [0.3, 0.4) is 0 Å². The van der Waals surface area contributed by atoms with Crippen LogP contribution in [0.15, 0.2) is 30.6 Å². The molecule has 1 saturated carbocycles. The minimum absolute atomic E-state index is 0.0612. The number of rotatable bonds is 5. The lowest BCUT2D eigenvalue weighted by Gasteiger charge is -2.19. The second-order valence-corrected chi connectivity index (χ2v) is 5.86. The number of carbonyl (C=O) groups is 1. The first-order chi connectivity index (χ1) is 11.0. The maximum Gasteiger partial charge on any atom is 0.256 e. The summed E-state index contributed by atoms with van der Waals surface area (Å²) in [7, 11) is 1.60. The van der Waals surface area contributed by atoms with Gasteiger partial charge < -0.3 is 10.0 Å². The number of aliphatic hydroxyl groups excluding tert-OH is 1. The summed E-state index contributed by atoms with van der Waals surface area (Å²) in [6.07, 6.45) is 4.17. The molecular formula is C16H17F2N3O2. The fourth-order valence-electron chi connectivity index (χ4n) is 2.45. The number of aromatic nitrogens is 2. The normalized spacial score (nSPS) is 15.5. The first kappa shape index (κ1) is 15.6. The van der Waals surface area contributed by atoms with Crippen LogP contribution in [0.2, 0.25) is 0 Å². The summed E-state index contributed by atoms with van der Waals surface area (Å²) in [5, 5.41) is 13.9. The van der Waals surface area contributed by atoms with Crippen LogP contribution in [0, 0.1) is 17.6 Å². The lowest BCUT2D eigenvalue weighted by atomic mass is 10.2. The van der Waals surface area contributed by atoms with E-state index in [1.807, 2.05) is 0 Å². The Morgan fingerprint density at radius 3 is 2.87 bits per heavy atom. The molecule has 23 heavy (non-hydrogen) atoms. The third-order valence-corrected chi connectivity index (χ3v) is 3.96. The van der Waals surface area contributed by atoms with Gasteiger partial charge in [-0.1, -0.05) is 0 Å². The molecule has 1 N–H and O–H groups in total. The van der Waals surface area contributed by atoms with E-state index in [2.05, 4.69) is 5.10 Å². The Morgan fingerprint density at radius 2 is 2.22 bits per heavy atom. The summed E-state index contributed by atoms with van der Waals surface area (Å²) in [6, 6.07) is 3.14. The molecule has 1 fully saturated rings. The summed E-state index contributed by atoms with van der Waals surface area (Å²) >= 11 is 0. The van der Waals surface area contributed by atoms with Crippen molar-refractivity contribution in [1.29, 1.82) is 0 Å². The van der Waals surface area contributed by atoms with Crippen LogP contribution in [0.1, 0.15) is 23.2 Å². The summed E-state index contributed by atoms with van der Waals surface area (Å²) in [6.45, 7) is 0.250. The van der Waals surface area contributed by atoms with Gasteiger partial charge in [-0.2, -0.15) is 5.10 Å². The highest BCUT2D eigenvalue weighted by molar-refractivity contribution is 5.93. The van der Waals surface area contributed by atoms with Gasteiger partial charge in [0.2, 0.25) is 0 Å². The lowest BCUT2D eigenvalue weighted by molar-refractivity contribution is 0.0645. The van der Waals surface area contributed by atoms with Crippen LogP contribution in [0.4, 0.5) is 8.78 Å².